The van der Waals surface area contributed by atoms with Crippen LogP contribution < -0.4 is 4.90 Å². The topological polar surface area (TPSA) is 59.0 Å². The van der Waals surface area contributed by atoms with Crippen molar-refractivity contribution in [2.24, 2.45) is 11.1 Å². The lowest BCUT2D eigenvalue weighted by atomic mass is 10.1. The van der Waals surface area contributed by atoms with Crippen LogP contribution in [0.2, 0.25) is 10.0 Å². The second-order valence-electron chi connectivity index (χ2n) is 6.16. The number of rotatable bonds is 4. The van der Waals surface area contributed by atoms with Crippen LogP contribution in [0.3, 0.4) is 0 Å². The van der Waals surface area contributed by atoms with Gasteiger partial charge in [0, 0.05) is 5.56 Å². The Balaban J connectivity index is 1.92. The fourth-order valence-corrected chi connectivity index (χ4v) is 2.84. The van der Waals surface area contributed by atoms with Crippen LogP contribution in [0, 0.1) is 5.92 Å². The number of nitrogens with zero attached hydrogens (tertiary/aromatic N) is 2. The maximum atomic E-state index is 12.8. The first-order chi connectivity index (χ1) is 12.4. The van der Waals surface area contributed by atoms with Gasteiger partial charge in [-0.05, 0) is 23.8 Å². The zero-order valence-corrected chi connectivity index (χ0v) is 15.7. The summed E-state index contributed by atoms with van der Waals surface area (Å²) in [5.74, 6) is -1.17. The van der Waals surface area contributed by atoms with E-state index >= 15 is 0 Å². The minimum Gasteiger partial charge on any atom is -0.317 e. The van der Waals surface area contributed by atoms with Crippen molar-refractivity contribution in [1.82, 2.24) is 0 Å². The maximum Gasteiger partial charge on any atom is 0.337 e. The van der Waals surface area contributed by atoms with Crippen LogP contribution in [0.25, 0.3) is 0 Å². The molecule has 0 N–H and O–H groups in total. The van der Waals surface area contributed by atoms with Crippen LogP contribution in [0.1, 0.15) is 25.0 Å². The van der Waals surface area contributed by atoms with E-state index in [9.17, 15) is 9.59 Å². The molecule has 0 spiro atoms. The van der Waals surface area contributed by atoms with Gasteiger partial charge in [-0.2, -0.15) is 0 Å². The third-order valence-electron chi connectivity index (χ3n) is 3.92. The summed E-state index contributed by atoms with van der Waals surface area (Å²) >= 11 is 12.0. The zero-order valence-electron chi connectivity index (χ0n) is 14.2. The summed E-state index contributed by atoms with van der Waals surface area (Å²) < 4.78 is 0. The van der Waals surface area contributed by atoms with E-state index < -0.39 is 5.97 Å². The summed E-state index contributed by atoms with van der Waals surface area (Å²) in [7, 11) is 0. The molecular weight excluding hydrogens is 375 g/mol. The maximum absolute atomic E-state index is 12.8. The lowest BCUT2D eigenvalue weighted by molar-refractivity contribution is -0.147. The predicted molar refractivity (Wildman–Crippen MR) is 102 cm³/mol. The van der Waals surface area contributed by atoms with Gasteiger partial charge >= 0.3 is 5.97 Å². The highest BCUT2D eigenvalue weighted by Gasteiger charge is 2.34. The van der Waals surface area contributed by atoms with Crippen LogP contribution in [-0.4, -0.2) is 17.6 Å². The number of anilines is 1. The second-order valence-corrected chi connectivity index (χ2v) is 6.98. The number of hydrogen-bond donors (Lipinski definition) is 0. The van der Waals surface area contributed by atoms with Crippen molar-refractivity contribution in [2.45, 2.75) is 20.4 Å². The van der Waals surface area contributed by atoms with Gasteiger partial charge < -0.3 is 9.74 Å². The molecule has 0 bridgehead atoms. The molecule has 0 saturated heterocycles. The molecule has 0 saturated carbocycles. The number of amides is 1. The molecule has 1 heterocycles. The molecule has 2 aromatic rings. The fourth-order valence-electron chi connectivity index (χ4n) is 2.52. The Morgan fingerprint density at radius 3 is 2.58 bits per heavy atom. The average Bonchev–Trinajstić information content (AvgIpc) is 2.88. The number of oxime groups is 1. The summed E-state index contributed by atoms with van der Waals surface area (Å²) in [5.41, 5.74) is 2.25. The third-order valence-corrected chi connectivity index (χ3v) is 4.66. The van der Waals surface area contributed by atoms with Gasteiger partial charge in [0.1, 0.15) is 0 Å². The standard InChI is InChI=1S/C19H16Cl2N2O3/c1-11(2)19(25)26-22-17-13-5-3-4-6-16(13)23(18(17)24)10-12-7-8-14(20)15(21)9-12/h3-9,11H,10H2,1-2H3. The molecule has 0 radical (unpaired) electrons. The fraction of sp³-hybridized carbons (Fsp3) is 0.211. The van der Waals surface area contributed by atoms with Gasteiger partial charge in [0.05, 0.1) is 28.2 Å². The molecule has 0 fully saturated rings. The number of para-hydroxylation sites is 1. The Kier molecular flexibility index (Phi) is 5.30. The molecule has 2 aromatic carbocycles. The summed E-state index contributed by atoms with van der Waals surface area (Å²) in [6.07, 6.45) is 0. The van der Waals surface area contributed by atoms with E-state index in [4.69, 9.17) is 28.0 Å². The molecule has 134 valence electrons. The van der Waals surface area contributed by atoms with E-state index in [1.54, 1.807) is 49.1 Å². The number of carbonyl (C=O) groups excluding carboxylic acids is 2. The molecule has 0 aromatic heterocycles. The Hall–Kier alpha value is -2.37. The van der Waals surface area contributed by atoms with Crippen molar-refractivity contribution in [1.29, 1.82) is 0 Å². The molecule has 1 aliphatic heterocycles. The van der Waals surface area contributed by atoms with Crippen molar-refractivity contribution < 1.29 is 14.4 Å². The van der Waals surface area contributed by atoms with E-state index in [0.717, 1.165) is 5.56 Å². The van der Waals surface area contributed by atoms with Gasteiger partial charge in [-0.15, -0.1) is 0 Å². The first-order valence-corrected chi connectivity index (χ1v) is 8.78. The summed E-state index contributed by atoms with van der Waals surface area (Å²) in [5, 5.41) is 4.69. The van der Waals surface area contributed by atoms with Crippen molar-refractivity contribution in [3.63, 3.8) is 0 Å². The van der Waals surface area contributed by atoms with E-state index in [1.165, 1.54) is 0 Å². The molecule has 26 heavy (non-hydrogen) atoms. The second kappa shape index (κ2) is 7.48. The quantitative estimate of drug-likeness (QED) is 0.572. The van der Waals surface area contributed by atoms with Gasteiger partial charge in [-0.3, -0.25) is 4.79 Å². The predicted octanol–water partition coefficient (Wildman–Crippen LogP) is 4.44. The highest BCUT2D eigenvalue weighted by atomic mass is 35.5. The average molecular weight is 391 g/mol. The molecule has 5 nitrogen and oxygen atoms in total. The molecule has 3 rings (SSSR count). The monoisotopic (exact) mass is 390 g/mol. The van der Waals surface area contributed by atoms with E-state index in [-0.39, 0.29) is 17.5 Å². The zero-order chi connectivity index (χ0) is 18.8. The van der Waals surface area contributed by atoms with Crippen molar-refractivity contribution >= 4 is 46.5 Å². The Morgan fingerprint density at radius 1 is 1.15 bits per heavy atom. The highest BCUT2D eigenvalue weighted by molar-refractivity contribution is 6.54. The number of benzene rings is 2. The highest BCUT2D eigenvalue weighted by Crippen LogP contribution is 2.32. The van der Waals surface area contributed by atoms with Gasteiger partial charge in [-0.1, -0.05) is 66.5 Å². The van der Waals surface area contributed by atoms with Crippen LogP contribution >= 0.6 is 23.2 Å². The number of halogens is 2. The first-order valence-electron chi connectivity index (χ1n) is 8.02. The van der Waals surface area contributed by atoms with Gasteiger partial charge in [0.2, 0.25) is 0 Å². The van der Waals surface area contributed by atoms with E-state index in [2.05, 4.69) is 5.16 Å². The molecule has 0 unspecified atom stereocenters. The Labute approximate surface area is 161 Å². The van der Waals surface area contributed by atoms with Crippen LogP contribution in [0.4, 0.5) is 5.69 Å². The lowest BCUT2D eigenvalue weighted by Gasteiger charge is -2.17. The normalized spacial score (nSPS) is 14.9. The first kappa shape index (κ1) is 18.4. The number of fused-ring (bicyclic) bond motifs is 1. The van der Waals surface area contributed by atoms with Crippen molar-refractivity contribution in [3.05, 3.63) is 63.6 Å². The molecule has 1 aliphatic rings. The van der Waals surface area contributed by atoms with Crippen LogP contribution in [0.5, 0.6) is 0 Å². The summed E-state index contributed by atoms with van der Waals surface area (Å²) in [6.45, 7) is 3.69. The van der Waals surface area contributed by atoms with Gasteiger partial charge in [-0.25, -0.2) is 4.79 Å². The third kappa shape index (κ3) is 3.59. The van der Waals surface area contributed by atoms with Crippen LogP contribution in [-0.2, 0) is 21.0 Å². The molecule has 7 heteroatoms. The number of carbonyl (C=O) groups is 2. The molecule has 1 amide bonds. The molecule has 0 aliphatic carbocycles. The van der Waals surface area contributed by atoms with Gasteiger partial charge in [0.15, 0.2) is 5.71 Å². The van der Waals surface area contributed by atoms with Gasteiger partial charge in [0.25, 0.3) is 5.91 Å². The number of hydrogen-bond acceptors (Lipinski definition) is 4. The smallest absolute Gasteiger partial charge is 0.317 e. The Morgan fingerprint density at radius 2 is 1.88 bits per heavy atom. The largest absolute Gasteiger partial charge is 0.337 e. The molecule has 0 atom stereocenters. The van der Waals surface area contributed by atoms with Crippen molar-refractivity contribution in [3.8, 4) is 0 Å². The summed E-state index contributed by atoms with van der Waals surface area (Å²) in [4.78, 5) is 31.0. The SMILES string of the molecule is CC(C)C(=O)ON=C1C(=O)N(Cc2ccc(Cl)c(Cl)c2)c2ccccc21. The molecular formula is C19H16Cl2N2O3. The minimum absolute atomic E-state index is 0.106. The Bertz CT molecular complexity index is 909. The van der Waals surface area contributed by atoms with E-state index in [0.29, 0.717) is 27.8 Å². The summed E-state index contributed by atoms with van der Waals surface area (Å²) in [6, 6.07) is 12.4. The lowest BCUT2D eigenvalue weighted by Crippen LogP contribution is -2.30. The van der Waals surface area contributed by atoms with Crippen molar-refractivity contribution in [2.75, 3.05) is 4.90 Å². The van der Waals surface area contributed by atoms with Crippen LogP contribution in [0.15, 0.2) is 47.6 Å². The van der Waals surface area contributed by atoms with E-state index in [1.807, 2.05) is 12.1 Å². The minimum atomic E-state index is -0.495.